The molecule has 2 aliphatic heterocycles. The van der Waals surface area contributed by atoms with Gasteiger partial charge in [0.1, 0.15) is 6.04 Å². The molecule has 1 saturated heterocycles. The van der Waals surface area contributed by atoms with Crippen LogP contribution in [-0.4, -0.2) is 43.1 Å². The molecule has 0 spiro atoms. The molecule has 1 fully saturated rings. The molecule has 1 N–H and O–H groups in total. The van der Waals surface area contributed by atoms with Crippen molar-refractivity contribution in [1.82, 2.24) is 10.2 Å². The predicted molar refractivity (Wildman–Crippen MR) is 85.0 cm³/mol. The molecule has 2 heterocycles. The monoisotopic (exact) mass is 316 g/mol. The molecule has 23 heavy (non-hydrogen) atoms. The van der Waals surface area contributed by atoms with Crippen molar-refractivity contribution >= 4 is 17.9 Å². The van der Waals surface area contributed by atoms with Crippen LogP contribution >= 0.6 is 0 Å². The maximum Gasteiger partial charge on any atom is 0.247 e. The van der Waals surface area contributed by atoms with E-state index < -0.39 is 0 Å². The average molecular weight is 316 g/mol. The van der Waals surface area contributed by atoms with Gasteiger partial charge in [0.15, 0.2) is 11.5 Å². The van der Waals surface area contributed by atoms with Crippen LogP contribution in [0.15, 0.2) is 24.3 Å². The van der Waals surface area contributed by atoms with Gasteiger partial charge in [-0.05, 0) is 43.0 Å². The normalized spacial score (nSPS) is 19.9. The fraction of sp³-hybridized carbons (Fsp3) is 0.412. The van der Waals surface area contributed by atoms with Crippen molar-refractivity contribution in [3.05, 3.63) is 29.8 Å². The first-order chi connectivity index (χ1) is 11.2. The SMILES string of the molecule is CNC(=O)C1CCCCN1C(=O)C=Cc1ccc2c(c1)OCO2. The molecular formula is C17H20N2O4. The van der Waals surface area contributed by atoms with Gasteiger partial charge in [-0.3, -0.25) is 9.59 Å². The molecule has 2 amide bonds. The van der Waals surface area contributed by atoms with Crippen LogP contribution in [-0.2, 0) is 9.59 Å². The first-order valence-corrected chi connectivity index (χ1v) is 7.79. The van der Waals surface area contributed by atoms with E-state index in [9.17, 15) is 9.59 Å². The zero-order valence-electron chi connectivity index (χ0n) is 13.1. The molecule has 0 radical (unpaired) electrons. The van der Waals surface area contributed by atoms with Crippen LogP contribution in [0.1, 0.15) is 24.8 Å². The number of likely N-dealkylation sites (tertiary alicyclic amines) is 1. The van der Waals surface area contributed by atoms with Crippen molar-refractivity contribution in [3.8, 4) is 11.5 Å². The number of nitrogens with one attached hydrogen (secondary N) is 1. The highest BCUT2D eigenvalue weighted by atomic mass is 16.7. The predicted octanol–water partition coefficient (Wildman–Crippen LogP) is 1.56. The Morgan fingerprint density at radius 3 is 2.91 bits per heavy atom. The van der Waals surface area contributed by atoms with E-state index in [0.717, 1.165) is 18.4 Å². The highest BCUT2D eigenvalue weighted by Gasteiger charge is 2.30. The maximum absolute atomic E-state index is 12.4. The largest absolute Gasteiger partial charge is 0.454 e. The van der Waals surface area contributed by atoms with Crippen molar-refractivity contribution in [2.24, 2.45) is 0 Å². The lowest BCUT2D eigenvalue weighted by atomic mass is 10.0. The Hall–Kier alpha value is -2.50. The van der Waals surface area contributed by atoms with Crippen LogP contribution in [0.25, 0.3) is 6.08 Å². The van der Waals surface area contributed by atoms with Crippen molar-refractivity contribution in [2.75, 3.05) is 20.4 Å². The lowest BCUT2D eigenvalue weighted by Gasteiger charge is -2.33. The summed E-state index contributed by atoms with van der Waals surface area (Å²) in [7, 11) is 1.60. The third-order valence-electron chi connectivity index (χ3n) is 4.15. The topological polar surface area (TPSA) is 67.9 Å². The number of fused-ring (bicyclic) bond motifs is 1. The summed E-state index contributed by atoms with van der Waals surface area (Å²) in [5.41, 5.74) is 0.858. The van der Waals surface area contributed by atoms with Gasteiger partial charge in [0.2, 0.25) is 18.6 Å². The number of piperidine rings is 1. The highest BCUT2D eigenvalue weighted by molar-refractivity contribution is 5.95. The Morgan fingerprint density at radius 2 is 2.09 bits per heavy atom. The smallest absolute Gasteiger partial charge is 0.247 e. The van der Waals surface area contributed by atoms with Gasteiger partial charge in [0, 0.05) is 19.7 Å². The van der Waals surface area contributed by atoms with Gasteiger partial charge in [-0.2, -0.15) is 0 Å². The Bertz CT molecular complexity index is 641. The second kappa shape index (κ2) is 6.73. The number of rotatable bonds is 3. The number of nitrogens with zero attached hydrogens (tertiary/aromatic N) is 1. The van der Waals surface area contributed by atoms with Crippen LogP contribution in [0.3, 0.4) is 0 Å². The van der Waals surface area contributed by atoms with Crippen LogP contribution in [0.5, 0.6) is 11.5 Å². The maximum atomic E-state index is 12.4. The molecular weight excluding hydrogens is 296 g/mol. The van der Waals surface area contributed by atoms with E-state index >= 15 is 0 Å². The lowest BCUT2D eigenvalue weighted by molar-refractivity contribution is -0.138. The summed E-state index contributed by atoms with van der Waals surface area (Å²) in [4.78, 5) is 26.0. The van der Waals surface area contributed by atoms with E-state index in [0.29, 0.717) is 24.5 Å². The van der Waals surface area contributed by atoms with Crippen molar-refractivity contribution in [1.29, 1.82) is 0 Å². The third kappa shape index (κ3) is 3.31. The summed E-state index contributed by atoms with van der Waals surface area (Å²) in [5, 5.41) is 2.63. The number of ether oxygens (including phenoxy) is 2. The third-order valence-corrected chi connectivity index (χ3v) is 4.15. The lowest BCUT2D eigenvalue weighted by Crippen LogP contribution is -2.50. The van der Waals surface area contributed by atoms with Crippen LogP contribution in [0, 0.1) is 0 Å². The average Bonchev–Trinajstić information content (AvgIpc) is 3.06. The standard InChI is InChI=1S/C17H20N2O4/c1-18-17(21)13-4-2-3-9-19(13)16(20)8-6-12-5-7-14-15(10-12)23-11-22-14/h5-8,10,13H,2-4,9,11H2,1H3,(H,18,21). The molecule has 0 bridgehead atoms. The first kappa shape index (κ1) is 15.4. The molecule has 1 atom stereocenters. The molecule has 0 saturated carbocycles. The molecule has 3 rings (SSSR count). The molecule has 1 aromatic carbocycles. The molecule has 0 aromatic heterocycles. The van der Waals surface area contributed by atoms with Gasteiger partial charge < -0.3 is 19.7 Å². The Kier molecular flexibility index (Phi) is 4.50. The molecule has 0 aliphatic carbocycles. The summed E-state index contributed by atoms with van der Waals surface area (Å²) in [5.74, 6) is 1.15. The minimum atomic E-state index is -0.373. The second-order valence-corrected chi connectivity index (χ2v) is 5.60. The van der Waals surface area contributed by atoms with Crippen LogP contribution < -0.4 is 14.8 Å². The summed E-state index contributed by atoms with van der Waals surface area (Å²) in [6.07, 6.45) is 5.85. The zero-order valence-corrected chi connectivity index (χ0v) is 13.1. The van der Waals surface area contributed by atoms with Gasteiger partial charge in [-0.1, -0.05) is 6.07 Å². The highest BCUT2D eigenvalue weighted by Crippen LogP contribution is 2.32. The van der Waals surface area contributed by atoms with E-state index in [4.69, 9.17) is 9.47 Å². The number of hydrogen-bond donors (Lipinski definition) is 1. The van der Waals surface area contributed by atoms with Gasteiger partial charge in [-0.15, -0.1) is 0 Å². The van der Waals surface area contributed by atoms with E-state index in [1.807, 2.05) is 18.2 Å². The zero-order chi connectivity index (χ0) is 16.2. The summed E-state index contributed by atoms with van der Waals surface area (Å²) < 4.78 is 10.6. The van der Waals surface area contributed by atoms with E-state index in [1.165, 1.54) is 6.08 Å². The Balaban J connectivity index is 1.71. The summed E-state index contributed by atoms with van der Waals surface area (Å²) >= 11 is 0. The van der Waals surface area contributed by atoms with Gasteiger partial charge in [0.25, 0.3) is 0 Å². The summed E-state index contributed by atoms with van der Waals surface area (Å²) in [6.45, 7) is 0.839. The van der Waals surface area contributed by atoms with E-state index in [-0.39, 0.29) is 24.6 Å². The molecule has 6 nitrogen and oxygen atoms in total. The molecule has 1 aromatic rings. The number of carbonyl (C=O) groups is 2. The fourth-order valence-electron chi connectivity index (χ4n) is 2.91. The van der Waals surface area contributed by atoms with E-state index in [2.05, 4.69) is 5.32 Å². The minimum absolute atomic E-state index is 0.102. The number of likely N-dealkylation sites (N-methyl/N-ethyl adjacent to an activating group) is 1. The first-order valence-electron chi connectivity index (χ1n) is 7.79. The van der Waals surface area contributed by atoms with Crippen molar-refractivity contribution < 1.29 is 19.1 Å². The molecule has 2 aliphatic rings. The fourth-order valence-corrected chi connectivity index (χ4v) is 2.91. The Morgan fingerprint density at radius 1 is 1.26 bits per heavy atom. The molecule has 122 valence electrons. The van der Waals surface area contributed by atoms with Gasteiger partial charge >= 0.3 is 0 Å². The van der Waals surface area contributed by atoms with Crippen molar-refractivity contribution in [3.63, 3.8) is 0 Å². The van der Waals surface area contributed by atoms with Gasteiger partial charge in [0.05, 0.1) is 0 Å². The summed E-state index contributed by atoms with van der Waals surface area (Å²) in [6, 6.07) is 5.14. The quantitative estimate of drug-likeness (QED) is 0.859. The number of benzene rings is 1. The number of hydrogen-bond acceptors (Lipinski definition) is 4. The molecule has 1 unspecified atom stereocenters. The Labute approximate surface area is 135 Å². The van der Waals surface area contributed by atoms with E-state index in [1.54, 1.807) is 18.0 Å². The van der Waals surface area contributed by atoms with Crippen molar-refractivity contribution in [2.45, 2.75) is 25.3 Å². The number of amides is 2. The number of carbonyl (C=O) groups excluding carboxylic acids is 2. The minimum Gasteiger partial charge on any atom is -0.454 e. The van der Waals surface area contributed by atoms with Crippen LogP contribution in [0.4, 0.5) is 0 Å². The van der Waals surface area contributed by atoms with Gasteiger partial charge in [-0.25, -0.2) is 0 Å². The van der Waals surface area contributed by atoms with Crippen LogP contribution in [0.2, 0.25) is 0 Å². The molecule has 6 heteroatoms. The second-order valence-electron chi connectivity index (χ2n) is 5.60.